The van der Waals surface area contributed by atoms with Crippen molar-refractivity contribution in [2.45, 2.75) is 19.3 Å². The van der Waals surface area contributed by atoms with Crippen LogP contribution in [-0.4, -0.2) is 0 Å². The molecule has 0 N–H and O–H groups in total. The average Bonchev–Trinajstić information content (AvgIpc) is 3.74. The Bertz CT molecular complexity index is 3370. The van der Waals surface area contributed by atoms with Gasteiger partial charge in [0.25, 0.3) is 0 Å². The fraction of sp³-hybridized carbons (Fsp3) is 0.0545. The smallest absolute Gasteiger partial charge is 0.136 e. The third-order valence-corrected chi connectivity index (χ3v) is 12.6. The molecule has 1 heteroatoms. The van der Waals surface area contributed by atoms with Crippen molar-refractivity contribution in [3.63, 3.8) is 0 Å². The second kappa shape index (κ2) is 11.5. The van der Waals surface area contributed by atoms with Crippen molar-refractivity contribution in [2.24, 2.45) is 0 Å². The van der Waals surface area contributed by atoms with Crippen LogP contribution < -0.4 is 0 Å². The molecule has 0 atom stereocenters. The van der Waals surface area contributed by atoms with E-state index >= 15 is 0 Å². The topological polar surface area (TPSA) is 13.1 Å². The molecule has 56 heavy (non-hydrogen) atoms. The molecule has 0 bridgehead atoms. The van der Waals surface area contributed by atoms with E-state index in [0.29, 0.717) is 0 Å². The summed E-state index contributed by atoms with van der Waals surface area (Å²) >= 11 is 0. The van der Waals surface area contributed by atoms with Crippen molar-refractivity contribution >= 4 is 65.0 Å². The number of rotatable bonds is 3. The van der Waals surface area contributed by atoms with Crippen LogP contribution in [0.15, 0.2) is 186 Å². The second-order valence-electron chi connectivity index (χ2n) is 15.9. The van der Waals surface area contributed by atoms with Crippen LogP contribution in [0.1, 0.15) is 25.0 Å². The molecule has 262 valence electrons. The molecule has 0 radical (unpaired) electrons. The van der Waals surface area contributed by atoms with Crippen molar-refractivity contribution in [1.29, 1.82) is 0 Å². The highest BCUT2D eigenvalue weighted by Crippen LogP contribution is 2.58. The second-order valence-corrected chi connectivity index (χ2v) is 15.9. The van der Waals surface area contributed by atoms with E-state index in [-0.39, 0.29) is 5.41 Å². The molecule has 0 aliphatic heterocycles. The molecule has 0 fully saturated rings. The molecule has 0 saturated heterocycles. The van der Waals surface area contributed by atoms with Crippen LogP contribution in [0.25, 0.3) is 110 Å². The Morgan fingerprint density at radius 2 is 0.875 bits per heavy atom. The summed E-state index contributed by atoms with van der Waals surface area (Å²) in [6.45, 7) is 4.82. The molecule has 1 aliphatic carbocycles. The third-order valence-electron chi connectivity index (χ3n) is 12.6. The Kier molecular flexibility index (Phi) is 6.46. The van der Waals surface area contributed by atoms with Gasteiger partial charge >= 0.3 is 0 Å². The van der Waals surface area contributed by atoms with Crippen LogP contribution in [0.3, 0.4) is 0 Å². The van der Waals surface area contributed by atoms with E-state index in [2.05, 4.69) is 196 Å². The highest BCUT2D eigenvalue weighted by molar-refractivity contribution is 6.24. The van der Waals surface area contributed by atoms with Gasteiger partial charge in [-0.2, -0.15) is 0 Å². The number of hydrogen-bond donors (Lipinski definition) is 0. The van der Waals surface area contributed by atoms with Gasteiger partial charge in [-0.3, -0.25) is 0 Å². The van der Waals surface area contributed by atoms with Gasteiger partial charge in [-0.1, -0.05) is 184 Å². The maximum Gasteiger partial charge on any atom is 0.136 e. The summed E-state index contributed by atoms with van der Waals surface area (Å²) in [5.74, 6) is 0. The Labute approximate surface area is 325 Å². The first-order chi connectivity index (χ1) is 27.6. The minimum Gasteiger partial charge on any atom is -0.456 e. The van der Waals surface area contributed by atoms with Crippen molar-refractivity contribution < 1.29 is 4.42 Å². The summed E-state index contributed by atoms with van der Waals surface area (Å²) in [4.78, 5) is 0. The van der Waals surface area contributed by atoms with E-state index in [9.17, 15) is 0 Å². The zero-order valence-corrected chi connectivity index (χ0v) is 31.2. The first-order valence-corrected chi connectivity index (χ1v) is 19.6. The molecule has 0 unspecified atom stereocenters. The van der Waals surface area contributed by atoms with E-state index in [1.54, 1.807) is 0 Å². The summed E-state index contributed by atoms with van der Waals surface area (Å²) in [6, 6.07) is 66.9. The summed E-state index contributed by atoms with van der Waals surface area (Å²) < 4.78 is 6.67. The number of hydrogen-bond acceptors (Lipinski definition) is 1. The van der Waals surface area contributed by atoms with Gasteiger partial charge in [0, 0.05) is 16.2 Å². The van der Waals surface area contributed by atoms with Gasteiger partial charge in [-0.25, -0.2) is 0 Å². The fourth-order valence-corrected chi connectivity index (χ4v) is 10.3. The van der Waals surface area contributed by atoms with Crippen molar-refractivity contribution in [1.82, 2.24) is 0 Å². The highest BCUT2D eigenvalue weighted by atomic mass is 16.3. The lowest BCUT2D eigenvalue weighted by molar-refractivity contribution is 0.662. The molecule has 10 aromatic carbocycles. The number of fused-ring (bicyclic) bond motifs is 12. The van der Waals surface area contributed by atoms with Crippen LogP contribution in [-0.2, 0) is 5.41 Å². The molecular weight excluding hydrogens is 677 g/mol. The van der Waals surface area contributed by atoms with Gasteiger partial charge in [0.1, 0.15) is 11.2 Å². The summed E-state index contributed by atoms with van der Waals surface area (Å²) in [5.41, 5.74) is 14.4. The average molecular weight is 713 g/mol. The van der Waals surface area contributed by atoms with Gasteiger partial charge < -0.3 is 4.42 Å². The predicted octanol–water partition coefficient (Wildman–Crippen LogP) is 15.5. The van der Waals surface area contributed by atoms with E-state index < -0.39 is 0 Å². The summed E-state index contributed by atoms with van der Waals surface area (Å²) in [6.07, 6.45) is 0. The van der Waals surface area contributed by atoms with Crippen LogP contribution >= 0.6 is 0 Å². The minimum atomic E-state index is -0.240. The molecule has 1 heterocycles. The first-order valence-electron chi connectivity index (χ1n) is 19.6. The molecule has 1 nitrogen and oxygen atoms in total. The minimum absolute atomic E-state index is 0.240. The lowest BCUT2D eigenvalue weighted by atomic mass is 9.77. The van der Waals surface area contributed by atoms with Crippen LogP contribution in [0, 0.1) is 0 Å². The van der Waals surface area contributed by atoms with Gasteiger partial charge in [0.15, 0.2) is 0 Å². The molecule has 1 aromatic heterocycles. The lowest BCUT2D eigenvalue weighted by Crippen LogP contribution is -2.17. The normalized spacial score (nSPS) is 13.3. The van der Waals surface area contributed by atoms with Gasteiger partial charge in [-0.05, 0) is 111 Å². The van der Waals surface area contributed by atoms with Crippen LogP contribution in [0.2, 0.25) is 0 Å². The largest absolute Gasteiger partial charge is 0.456 e. The summed E-state index contributed by atoms with van der Waals surface area (Å²) in [7, 11) is 0. The van der Waals surface area contributed by atoms with Crippen molar-refractivity contribution in [3.05, 3.63) is 193 Å². The van der Waals surface area contributed by atoms with Gasteiger partial charge in [0.2, 0.25) is 0 Å². The van der Waals surface area contributed by atoms with E-state index in [0.717, 1.165) is 11.2 Å². The van der Waals surface area contributed by atoms with Crippen LogP contribution in [0.5, 0.6) is 0 Å². The lowest BCUT2D eigenvalue weighted by Gasteiger charge is -2.26. The third kappa shape index (κ3) is 4.26. The van der Waals surface area contributed by atoms with Crippen molar-refractivity contribution in [2.75, 3.05) is 0 Å². The molecule has 11 aromatic rings. The van der Waals surface area contributed by atoms with E-state index in [4.69, 9.17) is 4.42 Å². The van der Waals surface area contributed by atoms with E-state index in [1.165, 1.54) is 109 Å². The standard InChI is InChI=1S/C55H36O/c1-55(2)53-38-18-6-4-15-34(38)30-31-45(53)52-51-44-23-11-12-25-47(44)56-48(51)32-46(54(52)55)35-26-28-36(29-27-35)49-40-19-7-9-21-42(40)50(43-22-10-8-20-41(43)49)39-24-13-16-33-14-3-5-17-37(33)39/h3-32H,1-2H3. The Morgan fingerprint density at radius 3 is 1.57 bits per heavy atom. The maximum atomic E-state index is 6.67. The fourth-order valence-electron chi connectivity index (χ4n) is 10.3. The number of benzene rings is 10. The SMILES string of the molecule is CC1(C)c2c(-c3ccc(-c4c5ccccc5c(-c5cccc6ccccc56)c5ccccc45)cc3)cc3oc4ccccc4c3c2-c2ccc3ccccc3c21. The number of furan rings is 1. The molecule has 1 aliphatic rings. The molecule has 12 rings (SSSR count). The van der Waals surface area contributed by atoms with Crippen LogP contribution in [0.4, 0.5) is 0 Å². The maximum absolute atomic E-state index is 6.67. The molecule has 0 saturated carbocycles. The predicted molar refractivity (Wildman–Crippen MR) is 238 cm³/mol. The zero-order chi connectivity index (χ0) is 37.1. The Balaban J connectivity index is 1.10. The Hall–Kier alpha value is -6.96. The molecule has 0 amide bonds. The zero-order valence-electron chi connectivity index (χ0n) is 31.2. The quantitative estimate of drug-likeness (QED) is 0.166. The molecular formula is C55H36O. The Morgan fingerprint density at radius 1 is 0.339 bits per heavy atom. The van der Waals surface area contributed by atoms with Gasteiger partial charge in [-0.15, -0.1) is 0 Å². The number of para-hydroxylation sites is 1. The monoisotopic (exact) mass is 712 g/mol. The van der Waals surface area contributed by atoms with Crippen molar-refractivity contribution in [3.8, 4) is 44.5 Å². The van der Waals surface area contributed by atoms with Gasteiger partial charge in [0.05, 0.1) is 0 Å². The highest BCUT2D eigenvalue weighted by Gasteiger charge is 2.41. The van der Waals surface area contributed by atoms with E-state index in [1.807, 2.05) is 0 Å². The first kappa shape index (κ1) is 31.4. The molecule has 0 spiro atoms. The summed E-state index contributed by atoms with van der Waals surface area (Å²) in [5, 5.41) is 12.5.